The Hall–Kier alpha value is -0.120. The number of ether oxygens (including phenoxy) is 1. The number of hydrogen-bond acceptors (Lipinski definition) is 3. The summed E-state index contributed by atoms with van der Waals surface area (Å²) in [5.41, 5.74) is -0.737. The van der Waals surface area contributed by atoms with E-state index in [1.165, 1.54) is 0 Å². The van der Waals surface area contributed by atoms with Crippen LogP contribution < -0.4 is 0 Å². The van der Waals surface area contributed by atoms with Crippen LogP contribution in [0.25, 0.3) is 0 Å². The summed E-state index contributed by atoms with van der Waals surface area (Å²) in [6.45, 7) is 4.60. The summed E-state index contributed by atoms with van der Waals surface area (Å²) in [6, 6.07) is 0. The highest BCUT2D eigenvalue weighted by Gasteiger charge is 2.11. The summed E-state index contributed by atoms with van der Waals surface area (Å²) in [5.74, 6) is 0. The number of aliphatic hydroxyl groups is 2. The average molecular weight is 162 g/mol. The van der Waals surface area contributed by atoms with Crippen molar-refractivity contribution in [3.05, 3.63) is 0 Å². The first kappa shape index (κ1) is 10.9. The van der Waals surface area contributed by atoms with E-state index in [9.17, 15) is 5.11 Å². The van der Waals surface area contributed by atoms with Crippen molar-refractivity contribution in [2.45, 2.75) is 32.3 Å². The molecule has 0 saturated heterocycles. The van der Waals surface area contributed by atoms with Crippen molar-refractivity contribution in [3.63, 3.8) is 0 Å². The van der Waals surface area contributed by atoms with Gasteiger partial charge in [-0.05, 0) is 26.7 Å². The van der Waals surface area contributed by atoms with Crippen LogP contribution in [0.3, 0.4) is 0 Å². The zero-order valence-corrected chi connectivity index (χ0v) is 7.34. The molecule has 0 aliphatic rings. The van der Waals surface area contributed by atoms with E-state index in [1.54, 1.807) is 13.8 Å². The molecule has 0 heterocycles. The van der Waals surface area contributed by atoms with Crippen LogP contribution in [0, 0.1) is 0 Å². The van der Waals surface area contributed by atoms with E-state index < -0.39 is 5.60 Å². The van der Waals surface area contributed by atoms with Crippen molar-refractivity contribution < 1.29 is 14.9 Å². The fourth-order valence-corrected chi connectivity index (χ4v) is 0.638. The fraction of sp³-hybridized carbons (Fsp3) is 1.00. The van der Waals surface area contributed by atoms with Gasteiger partial charge in [-0.2, -0.15) is 0 Å². The highest BCUT2D eigenvalue weighted by Crippen LogP contribution is 2.01. The largest absolute Gasteiger partial charge is 0.396 e. The lowest BCUT2D eigenvalue weighted by Gasteiger charge is -2.16. The van der Waals surface area contributed by atoms with E-state index in [2.05, 4.69) is 0 Å². The average Bonchev–Trinajstić information content (AvgIpc) is 1.85. The van der Waals surface area contributed by atoms with Gasteiger partial charge < -0.3 is 14.9 Å². The van der Waals surface area contributed by atoms with Gasteiger partial charge in [0.25, 0.3) is 0 Å². The van der Waals surface area contributed by atoms with Gasteiger partial charge in [-0.1, -0.05) is 0 Å². The molecule has 0 aliphatic heterocycles. The lowest BCUT2D eigenvalue weighted by Crippen LogP contribution is -2.26. The van der Waals surface area contributed by atoms with Gasteiger partial charge in [0, 0.05) is 13.2 Å². The minimum atomic E-state index is -0.737. The molecular weight excluding hydrogens is 144 g/mol. The van der Waals surface area contributed by atoms with Gasteiger partial charge in [0.2, 0.25) is 0 Å². The Labute approximate surface area is 68.0 Å². The molecule has 0 bridgehead atoms. The zero-order valence-electron chi connectivity index (χ0n) is 7.34. The second-order valence-corrected chi connectivity index (χ2v) is 3.30. The molecule has 0 radical (unpaired) electrons. The molecule has 3 nitrogen and oxygen atoms in total. The van der Waals surface area contributed by atoms with Crippen LogP contribution in [0.4, 0.5) is 0 Å². The summed E-state index contributed by atoms with van der Waals surface area (Å²) >= 11 is 0. The Morgan fingerprint density at radius 2 is 1.91 bits per heavy atom. The molecule has 0 aromatic heterocycles. The molecule has 0 saturated carbocycles. The standard InChI is InChI=1S/C8H18O3/c1-8(2,10)7-11-6-4-3-5-9/h9-10H,3-7H2,1-2H3. The molecule has 0 aromatic carbocycles. The van der Waals surface area contributed by atoms with Crippen LogP contribution in [0.5, 0.6) is 0 Å². The van der Waals surface area contributed by atoms with Gasteiger partial charge in [0.15, 0.2) is 0 Å². The van der Waals surface area contributed by atoms with Gasteiger partial charge in [0.1, 0.15) is 0 Å². The second-order valence-electron chi connectivity index (χ2n) is 3.30. The lowest BCUT2D eigenvalue weighted by molar-refractivity contribution is -0.0220. The first-order valence-electron chi connectivity index (χ1n) is 3.97. The van der Waals surface area contributed by atoms with Crippen LogP contribution in [0.15, 0.2) is 0 Å². The van der Waals surface area contributed by atoms with Crippen molar-refractivity contribution in [3.8, 4) is 0 Å². The topological polar surface area (TPSA) is 49.7 Å². The molecule has 68 valence electrons. The van der Waals surface area contributed by atoms with Crippen LogP contribution in [-0.4, -0.2) is 35.6 Å². The predicted octanol–water partition coefficient (Wildman–Crippen LogP) is 0.546. The lowest BCUT2D eigenvalue weighted by atomic mass is 10.2. The van der Waals surface area contributed by atoms with E-state index in [-0.39, 0.29) is 6.61 Å². The summed E-state index contributed by atoms with van der Waals surface area (Å²) in [4.78, 5) is 0. The van der Waals surface area contributed by atoms with E-state index in [0.29, 0.717) is 13.2 Å². The quantitative estimate of drug-likeness (QED) is 0.561. The minimum Gasteiger partial charge on any atom is -0.396 e. The molecule has 0 spiro atoms. The van der Waals surface area contributed by atoms with Gasteiger partial charge in [-0.3, -0.25) is 0 Å². The maximum atomic E-state index is 9.20. The molecule has 2 N–H and O–H groups in total. The van der Waals surface area contributed by atoms with E-state index >= 15 is 0 Å². The Kier molecular flexibility index (Phi) is 5.46. The summed E-state index contributed by atoms with van der Waals surface area (Å²) < 4.78 is 5.14. The van der Waals surface area contributed by atoms with Crippen molar-refractivity contribution >= 4 is 0 Å². The number of unbranched alkanes of at least 4 members (excludes halogenated alkanes) is 1. The Balaban J connectivity index is 3.02. The molecule has 0 aliphatic carbocycles. The van der Waals surface area contributed by atoms with Gasteiger partial charge in [-0.25, -0.2) is 0 Å². The van der Waals surface area contributed by atoms with Crippen molar-refractivity contribution in [2.24, 2.45) is 0 Å². The zero-order chi connectivity index (χ0) is 8.74. The van der Waals surface area contributed by atoms with Crippen molar-refractivity contribution in [1.29, 1.82) is 0 Å². The Morgan fingerprint density at radius 1 is 1.27 bits per heavy atom. The summed E-state index contributed by atoms with van der Waals surface area (Å²) in [6.07, 6.45) is 1.62. The SMILES string of the molecule is CC(C)(O)COCCCCO. The van der Waals surface area contributed by atoms with Crippen LogP contribution >= 0.6 is 0 Å². The smallest absolute Gasteiger partial charge is 0.0824 e. The third-order valence-corrected chi connectivity index (χ3v) is 1.15. The van der Waals surface area contributed by atoms with Gasteiger partial charge in [-0.15, -0.1) is 0 Å². The van der Waals surface area contributed by atoms with Crippen molar-refractivity contribution in [2.75, 3.05) is 19.8 Å². The first-order chi connectivity index (χ1) is 5.06. The number of rotatable bonds is 6. The van der Waals surface area contributed by atoms with E-state index in [1.807, 2.05) is 0 Å². The highest BCUT2D eigenvalue weighted by atomic mass is 16.5. The molecule has 0 rings (SSSR count). The number of hydrogen-bond donors (Lipinski definition) is 2. The Morgan fingerprint density at radius 3 is 2.36 bits per heavy atom. The molecule has 0 fully saturated rings. The summed E-state index contributed by atoms with van der Waals surface area (Å²) in [5, 5.41) is 17.6. The van der Waals surface area contributed by atoms with Crippen molar-refractivity contribution in [1.82, 2.24) is 0 Å². The molecule has 0 amide bonds. The first-order valence-corrected chi connectivity index (χ1v) is 3.97. The maximum Gasteiger partial charge on any atom is 0.0824 e. The second kappa shape index (κ2) is 5.52. The molecule has 3 heteroatoms. The molecule has 0 unspecified atom stereocenters. The summed E-state index contributed by atoms with van der Waals surface area (Å²) in [7, 11) is 0. The maximum absolute atomic E-state index is 9.20. The van der Waals surface area contributed by atoms with E-state index in [0.717, 1.165) is 12.8 Å². The highest BCUT2D eigenvalue weighted by molar-refractivity contribution is 4.62. The predicted molar refractivity (Wildman–Crippen MR) is 43.4 cm³/mol. The fourth-order valence-electron chi connectivity index (χ4n) is 0.638. The monoisotopic (exact) mass is 162 g/mol. The normalized spacial score (nSPS) is 12.0. The van der Waals surface area contributed by atoms with Gasteiger partial charge >= 0.3 is 0 Å². The molecule has 0 aromatic rings. The van der Waals surface area contributed by atoms with Crippen LogP contribution in [-0.2, 0) is 4.74 Å². The van der Waals surface area contributed by atoms with E-state index in [4.69, 9.17) is 9.84 Å². The third kappa shape index (κ3) is 9.88. The number of aliphatic hydroxyl groups excluding tert-OH is 1. The third-order valence-electron chi connectivity index (χ3n) is 1.15. The van der Waals surface area contributed by atoms with Gasteiger partial charge in [0.05, 0.1) is 12.2 Å². The van der Waals surface area contributed by atoms with Crippen LogP contribution in [0.1, 0.15) is 26.7 Å². The molecule has 0 atom stereocenters. The molecule has 11 heavy (non-hydrogen) atoms. The Bertz CT molecular complexity index is 85.8. The minimum absolute atomic E-state index is 0.214. The molecular formula is C8H18O3. The van der Waals surface area contributed by atoms with Crippen LogP contribution in [0.2, 0.25) is 0 Å².